The van der Waals surface area contributed by atoms with Gasteiger partial charge < -0.3 is 9.47 Å². The Labute approximate surface area is 102 Å². The normalized spacial score (nSPS) is 15.6. The minimum Gasteiger partial charge on any atom is -0.375 e. The molecule has 0 amide bonds. The maximum atomic E-state index is 6.01. The van der Waals surface area contributed by atoms with Crippen LogP contribution in [0.15, 0.2) is 0 Å². The van der Waals surface area contributed by atoms with Crippen LogP contribution in [0.1, 0.15) is 55.4 Å². The fraction of sp³-hybridized carbons (Fsp3) is 1.00. The van der Waals surface area contributed by atoms with E-state index in [1.54, 1.807) is 0 Å². The summed E-state index contributed by atoms with van der Waals surface area (Å²) in [4.78, 5) is 0. The van der Waals surface area contributed by atoms with Gasteiger partial charge in [0.2, 0.25) is 0 Å². The first-order valence-electron chi connectivity index (χ1n) is 6.41. The molecule has 2 nitrogen and oxygen atoms in total. The molecule has 0 N–H and O–H groups in total. The Bertz CT molecular complexity index is 195. The van der Waals surface area contributed by atoms with Crippen molar-refractivity contribution in [3.05, 3.63) is 0 Å². The van der Waals surface area contributed by atoms with Crippen LogP contribution < -0.4 is 0 Å². The monoisotopic (exact) mass is 230 g/mol. The van der Waals surface area contributed by atoms with Gasteiger partial charge in [0.25, 0.3) is 0 Å². The van der Waals surface area contributed by atoms with Crippen LogP contribution in [-0.4, -0.2) is 24.4 Å². The Hall–Kier alpha value is -0.0800. The van der Waals surface area contributed by atoms with Crippen molar-refractivity contribution in [1.82, 2.24) is 0 Å². The van der Waals surface area contributed by atoms with Gasteiger partial charge in [0.1, 0.15) is 0 Å². The van der Waals surface area contributed by atoms with Crippen molar-refractivity contribution in [3.8, 4) is 0 Å². The Balaban J connectivity index is 4.21. The lowest BCUT2D eigenvalue weighted by atomic mass is 9.91. The van der Waals surface area contributed by atoms with Gasteiger partial charge in [-0.15, -0.1) is 0 Å². The molecule has 1 atom stereocenters. The molecule has 0 radical (unpaired) electrons. The van der Waals surface area contributed by atoms with Crippen molar-refractivity contribution in [2.24, 2.45) is 11.8 Å². The topological polar surface area (TPSA) is 18.5 Å². The summed E-state index contributed by atoms with van der Waals surface area (Å²) < 4.78 is 11.7. The van der Waals surface area contributed by atoms with Crippen molar-refractivity contribution in [2.45, 2.75) is 66.6 Å². The smallest absolute Gasteiger partial charge is 0.0673 e. The molecule has 0 spiro atoms. The van der Waals surface area contributed by atoms with Gasteiger partial charge in [-0.2, -0.15) is 0 Å². The van der Waals surface area contributed by atoms with Crippen molar-refractivity contribution in [2.75, 3.05) is 13.2 Å². The Morgan fingerprint density at radius 2 is 1.38 bits per heavy atom. The first kappa shape index (κ1) is 15.9. The van der Waals surface area contributed by atoms with Gasteiger partial charge in [-0.1, -0.05) is 20.8 Å². The molecule has 0 bridgehead atoms. The Morgan fingerprint density at radius 1 is 0.875 bits per heavy atom. The molecule has 0 aromatic heterocycles. The average Bonchev–Trinajstić information content (AvgIpc) is 2.13. The highest BCUT2D eigenvalue weighted by Crippen LogP contribution is 2.26. The van der Waals surface area contributed by atoms with E-state index in [1.165, 1.54) is 0 Å². The van der Waals surface area contributed by atoms with E-state index in [2.05, 4.69) is 48.5 Å². The average molecular weight is 230 g/mol. The van der Waals surface area contributed by atoms with Crippen LogP contribution in [0.2, 0.25) is 0 Å². The fourth-order valence-electron chi connectivity index (χ4n) is 1.22. The summed E-state index contributed by atoms with van der Waals surface area (Å²) in [5.74, 6) is 0.917. The molecule has 0 saturated heterocycles. The predicted molar refractivity (Wildman–Crippen MR) is 69.7 cm³/mol. The van der Waals surface area contributed by atoms with Crippen LogP contribution in [0.25, 0.3) is 0 Å². The van der Waals surface area contributed by atoms with E-state index in [0.717, 1.165) is 13.2 Å². The first-order chi connectivity index (χ1) is 7.13. The second-order valence-electron chi connectivity index (χ2n) is 6.01. The summed E-state index contributed by atoms with van der Waals surface area (Å²) in [6, 6.07) is 0. The molecule has 2 heteroatoms. The molecule has 0 aromatic carbocycles. The van der Waals surface area contributed by atoms with Crippen LogP contribution >= 0.6 is 0 Å². The fourth-order valence-corrected chi connectivity index (χ4v) is 1.22. The maximum absolute atomic E-state index is 6.01. The first-order valence-corrected chi connectivity index (χ1v) is 6.41. The van der Waals surface area contributed by atoms with Crippen LogP contribution in [0.4, 0.5) is 0 Å². The molecule has 0 aliphatic carbocycles. The van der Waals surface area contributed by atoms with Crippen LogP contribution in [0.5, 0.6) is 0 Å². The van der Waals surface area contributed by atoms with Gasteiger partial charge in [0.05, 0.1) is 17.8 Å². The highest BCUT2D eigenvalue weighted by molar-refractivity contribution is 4.79. The SMILES string of the molecule is CCOC(C)(C)C(C)COC(C)(C)C(C)C. The lowest BCUT2D eigenvalue weighted by Crippen LogP contribution is -2.39. The van der Waals surface area contributed by atoms with Crippen LogP contribution in [-0.2, 0) is 9.47 Å². The van der Waals surface area contributed by atoms with Gasteiger partial charge in [-0.3, -0.25) is 0 Å². The molecule has 1 unspecified atom stereocenters. The van der Waals surface area contributed by atoms with E-state index < -0.39 is 0 Å². The van der Waals surface area contributed by atoms with Gasteiger partial charge in [-0.25, -0.2) is 0 Å². The van der Waals surface area contributed by atoms with Crippen molar-refractivity contribution in [1.29, 1.82) is 0 Å². The van der Waals surface area contributed by atoms with Gasteiger partial charge in [0, 0.05) is 12.5 Å². The summed E-state index contributed by atoms with van der Waals surface area (Å²) in [6.07, 6.45) is 0. The summed E-state index contributed by atoms with van der Waals surface area (Å²) in [5.41, 5.74) is -0.168. The van der Waals surface area contributed by atoms with E-state index in [-0.39, 0.29) is 11.2 Å². The third-order valence-corrected chi connectivity index (χ3v) is 3.80. The highest BCUT2D eigenvalue weighted by Gasteiger charge is 2.30. The zero-order valence-corrected chi connectivity index (χ0v) is 12.4. The third kappa shape index (κ3) is 4.84. The lowest BCUT2D eigenvalue weighted by Gasteiger charge is -2.36. The van der Waals surface area contributed by atoms with Crippen molar-refractivity contribution >= 4 is 0 Å². The standard InChI is InChI=1S/C14H30O2/c1-9-15-14(7,8)12(4)10-16-13(5,6)11(2)3/h11-12H,9-10H2,1-8H3. The summed E-state index contributed by atoms with van der Waals surface area (Å²) >= 11 is 0. The van der Waals surface area contributed by atoms with Crippen molar-refractivity contribution in [3.63, 3.8) is 0 Å². The number of hydrogen-bond donors (Lipinski definition) is 0. The zero-order valence-electron chi connectivity index (χ0n) is 12.4. The second-order valence-corrected chi connectivity index (χ2v) is 6.01. The summed E-state index contributed by atoms with van der Waals surface area (Å²) in [6.45, 7) is 18.7. The van der Waals surface area contributed by atoms with Crippen LogP contribution in [0, 0.1) is 11.8 Å². The van der Waals surface area contributed by atoms with E-state index in [9.17, 15) is 0 Å². The predicted octanol–water partition coefficient (Wildman–Crippen LogP) is 3.89. The van der Waals surface area contributed by atoms with E-state index in [0.29, 0.717) is 11.8 Å². The van der Waals surface area contributed by atoms with E-state index >= 15 is 0 Å². The molecule has 0 aliphatic heterocycles. The minimum atomic E-state index is -0.109. The molecule has 0 heterocycles. The quantitative estimate of drug-likeness (QED) is 0.660. The number of rotatable bonds is 7. The van der Waals surface area contributed by atoms with Gasteiger partial charge in [-0.05, 0) is 40.5 Å². The molecular formula is C14H30O2. The molecule has 0 aromatic rings. The van der Waals surface area contributed by atoms with Gasteiger partial charge >= 0.3 is 0 Å². The molecular weight excluding hydrogens is 200 g/mol. The number of ether oxygens (including phenoxy) is 2. The minimum absolute atomic E-state index is 0.0590. The summed E-state index contributed by atoms with van der Waals surface area (Å²) in [7, 11) is 0. The molecule has 0 aliphatic rings. The maximum Gasteiger partial charge on any atom is 0.0673 e. The molecule has 0 saturated carbocycles. The molecule has 16 heavy (non-hydrogen) atoms. The van der Waals surface area contributed by atoms with Crippen LogP contribution in [0.3, 0.4) is 0 Å². The van der Waals surface area contributed by atoms with E-state index in [4.69, 9.17) is 9.47 Å². The molecule has 0 rings (SSSR count). The number of hydrogen-bond acceptors (Lipinski definition) is 2. The molecule has 0 fully saturated rings. The zero-order chi connectivity index (χ0) is 13.0. The Kier molecular flexibility index (Phi) is 5.99. The van der Waals surface area contributed by atoms with Crippen molar-refractivity contribution < 1.29 is 9.47 Å². The summed E-state index contributed by atoms with van der Waals surface area (Å²) in [5, 5.41) is 0. The Morgan fingerprint density at radius 3 is 1.75 bits per heavy atom. The third-order valence-electron chi connectivity index (χ3n) is 3.80. The molecule has 98 valence electrons. The van der Waals surface area contributed by atoms with Gasteiger partial charge in [0.15, 0.2) is 0 Å². The lowest BCUT2D eigenvalue weighted by molar-refractivity contribution is -0.115. The largest absolute Gasteiger partial charge is 0.375 e. The second kappa shape index (κ2) is 6.02. The highest BCUT2D eigenvalue weighted by atomic mass is 16.5. The van der Waals surface area contributed by atoms with E-state index in [1.807, 2.05) is 6.92 Å².